The zero-order chi connectivity index (χ0) is 20.5. The van der Waals surface area contributed by atoms with Gasteiger partial charge in [0.05, 0.1) is 23.6 Å². The number of ether oxygens (including phenoxy) is 1. The third-order valence-corrected chi connectivity index (χ3v) is 7.33. The van der Waals surface area contributed by atoms with Crippen LogP contribution in [0.25, 0.3) is 0 Å². The number of methoxy groups -OCH3 is 1. The van der Waals surface area contributed by atoms with E-state index in [4.69, 9.17) is 4.74 Å². The fraction of sp³-hybridized carbons (Fsp3) is 0.579. The van der Waals surface area contributed by atoms with Gasteiger partial charge in [-0.2, -0.15) is 4.31 Å². The van der Waals surface area contributed by atoms with Crippen LogP contribution in [0.15, 0.2) is 23.1 Å². The van der Waals surface area contributed by atoms with Gasteiger partial charge >= 0.3 is 0 Å². The lowest BCUT2D eigenvalue weighted by Crippen LogP contribution is -2.31. The average Bonchev–Trinajstić information content (AvgIpc) is 3.44. The van der Waals surface area contributed by atoms with Crippen molar-refractivity contribution in [3.05, 3.63) is 18.2 Å². The van der Waals surface area contributed by atoms with Crippen molar-refractivity contribution in [2.24, 2.45) is 5.92 Å². The van der Waals surface area contributed by atoms with Crippen molar-refractivity contribution >= 4 is 27.5 Å². The second-order valence-corrected chi connectivity index (χ2v) is 9.06. The monoisotopic (exact) mass is 409 g/mol. The van der Waals surface area contributed by atoms with Gasteiger partial charge in [-0.25, -0.2) is 8.42 Å². The molecule has 2 amide bonds. The standard InChI is InChI=1S/C19H27N3O5S/c1-4-21(5-2)28(25,26)15-8-9-17(27-3)16(11-15)20-19(24)13-10-18(23)22(12-13)14-6-7-14/h8-9,11,13-14H,4-7,10,12H2,1-3H3,(H,20,24). The fourth-order valence-corrected chi connectivity index (χ4v) is 5.02. The lowest BCUT2D eigenvalue weighted by Gasteiger charge is -2.20. The molecule has 1 unspecified atom stereocenters. The smallest absolute Gasteiger partial charge is 0.243 e. The van der Waals surface area contributed by atoms with Gasteiger partial charge in [0.15, 0.2) is 0 Å². The number of sulfonamides is 1. The third-order valence-electron chi connectivity index (χ3n) is 5.29. The third kappa shape index (κ3) is 4.00. The summed E-state index contributed by atoms with van der Waals surface area (Å²) in [6.45, 7) is 4.67. The number of amides is 2. The number of hydrogen-bond acceptors (Lipinski definition) is 5. The average molecular weight is 410 g/mol. The molecule has 1 N–H and O–H groups in total. The maximum absolute atomic E-state index is 12.8. The summed E-state index contributed by atoms with van der Waals surface area (Å²) in [6, 6.07) is 4.69. The molecule has 1 aromatic rings. The zero-order valence-corrected chi connectivity index (χ0v) is 17.3. The predicted octanol–water partition coefficient (Wildman–Crippen LogP) is 1.68. The number of carbonyl (C=O) groups excluding carboxylic acids is 2. The number of likely N-dealkylation sites (tertiary alicyclic amines) is 1. The van der Waals surface area contributed by atoms with Crippen molar-refractivity contribution in [3.8, 4) is 5.75 Å². The Kier molecular flexibility index (Phi) is 5.95. The normalized spacial score (nSPS) is 19.9. The van der Waals surface area contributed by atoms with Crippen LogP contribution in [0.5, 0.6) is 5.75 Å². The first-order valence-corrected chi connectivity index (χ1v) is 11.0. The minimum absolute atomic E-state index is 0.00692. The van der Waals surface area contributed by atoms with Crippen molar-refractivity contribution < 1.29 is 22.7 Å². The second kappa shape index (κ2) is 8.08. The molecule has 0 aromatic heterocycles. The molecule has 3 rings (SSSR count). The second-order valence-electron chi connectivity index (χ2n) is 7.12. The maximum atomic E-state index is 12.8. The molecule has 1 heterocycles. The van der Waals surface area contributed by atoms with Crippen LogP contribution < -0.4 is 10.1 Å². The summed E-state index contributed by atoms with van der Waals surface area (Å²) in [6.07, 6.45) is 2.18. The Morgan fingerprint density at radius 3 is 2.54 bits per heavy atom. The van der Waals surface area contributed by atoms with Crippen LogP contribution in [0, 0.1) is 5.92 Å². The number of nitrogens with zero attached hydrogens (tertiary/aromatic N) is 2. The molecule has 28 heavy (non-hydrogen) atoms. The first-order valence-electron chi connectivity index (χ1n) is 9.60. The van der Waals surface area contributed by atoms with Crippen LogP contribution in [-0.4, -0.2) is 62.2 Å². The number of anilines is 1. The first-order chi connectivity index (χ1) is 13.3. The quantitative estimate of drug-likeness (QED) is 0.705. The molecular formula is C19H27N3O5S. The summed E-state index contributed by atoms with van der Waals surface area (Å²) in [5.74, 6) is -0.365. The van der Waals surface area contributed by atoms with Crippen LogP contribution in [-0.2, 0) is 19.6 Å². The molecule has 1 atom stereocenters. The molecule has 2 fully saturated rings. The van der Waals surface area contributed by atoms with Gasteiger partial charge in [0, 0.05) is 32.1 Å². The van der Waals surface area contributed by atoms with Crippen LogP contribution in [0.4, 0.5) is 5.69 Å². The molecule has 1 saturated carbocycles. The van der Waals surface area contributed by atoms with Crippen molar-refractivity contribution in [2.45, 2.75) is 44.0 Å². The van der Waals surface area contributed by atoms with Crippen molar-refractivity contribution in [1.82, 2.24) is 9.21 Å². The van der Waals surface area contributed by atoms with Crippen LogP contribution in [0.3, 0.4) is 0 Å². The van der Waals surface area contributed by atoms with Crippen LogP contribution in [0.2, 0.25) is 0 Å². The van der Waals surface area contributed by atoms with Crippen LogP contribution in [0.1, 0.15) is 33.1 Å². The zero-order valence-electron chi connectivity index (χ0n) is 16.5. The summed E-state index contributed by atoms with van der Waals surface area (Å²) in [4.78, 5) is 26.7. The van der Waals surface area contributed by atoms with E-state index in [1.54, 1.807) is 18.7 Å². The number of nitrogens with one attached hydrogen (secondary N) is 1. The number of benzene rings is 1. The molecule has 0 radical (unpaired) electrons. The number of hydrogen-bond donors (Lipinski definition) is 1. The van der Waals surface area contributed by atoms with E-state index < -0.39 is 15.9 Å². The molecule has 1 saturated heterocycles. The van der Waals surface area contributed by atoms with Gasteiger partial charge < -0.3 is 15.0 Å². The van der Waals surface area contributed by atoms with Gasteiger partial charge in [-0.05, 0) is 31.0 Å². The molecule has 0 spiro atoms. The molecule has 8 nitrogen and oxygen atoms in total. The Bertz CT molecular complexity index is 862. The van der Waals surface area contributed by atoms with E-state index in [-0.39, 0.29) is 34.9 Å². The molecule has 154 valence electrons. The summed E-state index contributed by atoms with van der Waals surface area (Å²) in [5.41, 5.74) is 0.290. The highest BCUT2D eigenvalue weighted by atomic mass is 32.2. The van der Waals surface area contributed by atoms with Crippen LogP contribution >= 0.6 is 0 Å². The highest BCUT2D eigenvalue weighted by Crippen LogP contribution is 2.34. The van der Waals surface area contributed by atoms with Gasteiger partial charge in [0.1, 0.15) is 5.75 Å². The minimum Gasteiger partial charge on any atom is -0.495 e. The number of rotatable bonds is 8. The van der Waals surface area contributed by atoms with Crippen molar-refractivity contribution in [2.75, 3.05) is 32.1 Å². The first kappa shape index (κ1) is 20.6. The molecular weight excluding hydrogens is 382 g/mol. The van der Waals surface area contributed by atoms with E-state index in [2.05, 4.69) is 5.32 Å². The lowest BCUT2D eigenvalue weighted by atomic mass is 10.1. The highest BCUT2D eigenvalue weighted by Gasteiger charge is 2.41. The van der Waals surface area contributed by atoms with Gasteiger partial charge in [-0.3, -0.25) is 9.59 Å². The van der Waals surface area contributed by atoms with E-state index in [1.165, 1.54) is 29.6 Å². The fourth-order valence-electron chi connectivity index (χ4n) is 3.54. The van der Waals surface area contributed by atoms with Gasteiger partial charge in [0.2, 0.25) is 21.8 Å². The molecule has 2 aliphatic rings. The Morgan fingerprint density at radius 2 is 1.96 bits per heavy atom. The van der Waals surface area contributed by atoms with E-state index in [0.29, 0.717) is 25.4 Å². The predicted molar refractivity (Wildman–Crippen MR) is 105 cm³/mol. The summed E-state index contributed by atoms with van der Waals surface area (Å²) in [5, 5.41) is 2.77. The van der Waals surface area contributed by atoms with E-state index in [1.807, 2.05) is 0 Å². The Morgan fingerprint density at radius 1 is 1.29 bits per heavy atom. The SMILES string of the molecule is CCN(CC)S(=O)(=O)c1ccc(OC)c(NC(=O)C2CC(=O)N(C3CC3)C2)c1. The number of carbonyl (C=O) groups is 2. The minimum atomic E-state index is -3.66. The highest BCUT2D eigenvalue weighted by molar-refractivity contribution is 7.89. The summed E-state index contributed by atoms with van der Waals surface area (Å²) < 4.78 is 32.2. The van der Waals surface area contributed by atoms with Crippen molar-refractivity contribution in [1.29, 1.82) is 0 Å². The lowest BCUT2D eigenvalue weighted by molar-refractivity contribution is -0.128. The Labute approximate surface area is 165 Å². The largest absolute Gasteiger partial charge is 0.495 e. The molecule has 1 aromatic carbocycles. The maximum Gasteiger partial charge on any atom is 0.243 e. The van der Waals surface area contributed by atoms with Gasteiger partial charge in [-0.15, -0.1) is 0 Å². The summed E-state index contributed by atoms with van der Waals surface area (Å²) in [7, 11) is -2.20. The molecule has 0 bridgehead atoms. The molecule has 9 heteroatoms. The van der Waals surface area contributed by atoms with Gasteiger partial charge in [-0.1, -0.05) is 13.8 Å². The Balaban J connectivity index is 1.81. The Hall–Kier alpha value is -2.13. The van der Waals surface area contributed by atoms with E-state index in [0.717, 1.165) is 12.8 Å². The van der Waals surface area contributed by atoms with Crippen molar-refractivity contribution in [3.63, 3.8) is 0 Å². The van der Waals surface area contributed by atoms with E-state index in [9.17, 15) is 18.0 Å². The topological polar surface area (TPSA) is 96.0 Å². The molecule has 1 aliphatic carbocycles. The van der Waals surface area contributed by atoms with E-state index >= 15 is 0 Å². The molecule has 1 aliphatic heterocycles. The van der Waals surface area contributed by atoms with Gasteiger partial charge in [0.25, 0.3) is 0 Å². The summed E-state index contributed by atoms with van der Waals surface area (Å²) >= 11 is 0.